The molecule has 5 heteroatoms. The van der Waals surface area contributed by atoms with Gasteiger partial charge in [-0.3, -0.25) is 0 Å². The van der Waals surface area contributed by atoms with Crippen LogP contribution in [0.15, 0.2) is 24.4 Å². The van der Waals surface area contributed by atoms with Gasteiger partial charge in [-0.2, -0.15) is 10.4 Å². The molecule has 2 heterocycles. The predicted octanol–water partition coefficient (Wildman–Crippen LogP) is 4.08. The molecule has 108 valence electrons. The summed E-state index contributed by atoms with van der Waals surface area (Å²) in [4.78, 5) is 0. The second kappa shape index (κ2) is 5.88. The summed E-state index contributed by atoms with van der Waals surface area (Å²) in [5.41, 5.74) is 3.36. The van der Waals surface area contributed by atoms with Crippen molar-refractivity contribution in [3.8, 4) is 17.3 Å². The first-order chi connectivity index (χ1) is 10.2. The normalized spacial score (nSPS) is 18.4. The number of benzene rings is 1. The van der Waals surface area contributed by atoms with Crippen LogP contribution in [-0.4, -0.2) is 16.4 Å². The summed E-state index contributed by atoms with van der Waals surface area (Å²) in [5, 5.41) is 14.0. The number of nitrogens with zero attached hydrogens (tertiary/aromatic N) is 3. The highest BCUT2D eigenvalue weighted by Gasteiger charge is 2.21. The van der Waals surface area contributed by atoms with Gasteiger partial charge in [0.25, 0.3) is 0 Å². The Morgan fingerprint density at radius 2 is 2.24 bits per heavy atom. The number of aromatic nitrogens is 2. The van der Waals surface area contributed by atoms with Crippen LogP contribution in [0.25, 0.3) is 11.3 Å². The molecule has 0 aliphatic carbocycles. The molecule has 21 heavy (non-hydrogen) atoms. The summed E-state index contributed by atoms with van der Waals surface area (Å²) in [7, 11) is 0. The minimum atomic E-state index is -0.0161. The Morgan fingerprint density at radius 1 is 1.38 bits per heavy atom. The van der Waals surface area contributed by atoms with E-state index in [0.29, 0.717) is 10.6 Å². The molecule has 0 spiro atoms. The lowest BCUT2D eigenvalue weighted by atomic mass is 10.0. The maximum absolute atomic E-state index is 9.05. The van der Waals surface area contributed by atoms with Crippen LogP contribution in [-0.2, 0) is 4.74 Å². The molecule has 2 aromatic rings. The second-order valence-electron chi connectivity index (χ2n) is 5.19. The van der Waals surface area contributed by atoms with Crippen molar-refractivity contribution in [2.75, 3.05) is 6.61 Å². The zero-order chi connectivity index (χ0) is 14.8. The zero-order valence-corrected chi connectivity index (χ0v) is 12.6. The van der Waals surface area contributed by atoms with E-state index in [1.165, 1.54) is 0 Å². The Kier molecular flexibility index (Phi) is 3.96. The average molecular weight is 302 g/mol. The van der Waals surface area contributed by atoms with Crippen LogP contribution in [0, 0.1) is 18.3 Å². The van der Waals surface area contributed by atoms with Gasteiger partial charge in [-0.1, -0.05) is 17.7 Å². The predicted molar refractivity (Wildman–Crippen MR) is 81.0 cm³/mol. The van der Waals surface area contributed by atoms with Crippen molar-refractivity contribution in [1.82, 2.24) is 9.78 Å². The summed E-state index contributed by atoms with van der Waals surface area (Å²) in [5.74, 6) is 0. The molecule has 1 aromatic heterocycles. The van der Waals surface area contributed by atoms with Gasteiger partial charge in [0.2, 0.25) is 0 Å². The Bertz CT molecular complexity index is 696. The molecule has 0 bridgehead atoms. The minimum absolute atomic E-state index is 0.0161. The van der Waals surface area contributed by atoms with Crippen molar-refractivity contribution in [3.63, 3.8) is 0 Å². The van der Waals surface area contributed by atoms with E-state index in [4.69, 9.17) is 21.6 Å². The molecule has 0 radical (unpaired) electrons. The van der Waals surface area contributed by atoms with Crippen LogP contribution in [0.4, 0.5) is 0 Å². The van der Waals surface area contributed by atoms with Crippen molar-refractivity contribution in [3.05, 3.63) is 40.5 Å². The maximum Gasteiger partial charge on any atom is 0.150 e. The fourth-order valence-corrected chi connectivity index (χ4v) is 2.93. The van der Waals surface area contributed by atoms with Gasteiger partial charge in [-0.15, -0.1) is 0 Å². The average Bonchev–Trinajstić information content (AvgIpc) is 3.00. The SMILES string of the molecule is Cc1c(-c2ccnn2C2CCCCO2)ccc(C#N)c1Cl. The minimum Gasteiger partial charge on any atom is -0.356 e. The molecule has 0 amide bonds. The van der Waals surface area contributed by atoms with E-state index in [-0.39, 0.29) is 6.23 Å². The zero-order valence-electron chi connectivity index (χ0n) is 11.8. The fraction of sp³-hybridized carbons (Fsp3) is 0.375. The van der Waals surface area contributed by atoms with Gasteiger partial charge in [-0.05, 0) is 43.9 Å². The van der Waals surface area contributed by atoms with E-state index in [1.54, 1.807) is 12.3 Å². The fourth-order valence-electron chi connectivity index (χ4n) is 2.72. The highest BCUT2D eigenvalue weighted by atomic mass is 35.5. The third kappa shape index (κ3) is 2.55. The second-order valence-corrected chi connectivity index (χ2v) is 5.57. The Labute approximate surface area is 128 Å². The first-order valence-corrected chi connectivity index (χ1v) is 7.45. The summed E-state index contributed by atoms with van der Waals surface area (Å²) >= 11 is 6.27. The summed E-state index contributed by atoms with van der Waals surface area (Å²) in [6, 6.07) is 7.75. The van der Waals surface area contributed by atoms with Crippen LogP contribution in [0.5, 0.6) is 0 Å². The van der Waals surface area contributed by atoms with Crippen LogP contribution in [0.3, 0.4) is 0 Å². The number of nitriles is 1. The first kappa shape index (κ1) is 14.1. The first-order valence-electron chi connectivity index (χ1n) is 7.07. The van der Waals surface area contributed by atoms with Gasteiger partial charge in [0, 0.05) is 18.4 Å². The van der Waals surface area contributed by atoms with E-state index >= 15 is 0 Å². The maximum atomic E-state index is 9.05. The van der Waals surface area contributed by atoms with Gasteiger partial charge < -0.3 is 4.74 Å². The smallest absolute Gasteiger partial charge is 0.150 e. The topological polar surface area (TPSA) is 50.8 Å². The van der Waals surface area contributed by atoms with Crippen LogP contribution >= 0.6 is 11.6 Å². The van der Waals surface area contributed by atoms with Crippen molar-refractivity contribution >= 4 is 11.6 Å². The molecular weight excluding hydrogens is 286 g/mol. The molecule has 1 saturated heterocycles. The van der Waals surface area contributed by atoms with E-state index in [2.05, 4.69) is 11.2 Å². The Morgan fingerprint density at radius 3 is 2.95 bits per heavy atom. The lowest BCUT2D eigenvalue weighted by Gasteiger charge is -2.25. The van der Waals surface area contributed by atoms with Crippen molar-refractivity contribution in [1.29, 1.82) is 5.26 Å². The van der Waals surface area contributed by atoms with Crippen LogP contribution in [0.2, 0.25) is 5.02 Å². The number of hydrogen-bond acceptors (Lipinski definition) is 3. The van der Waals surface area contributed by atoms with Crippen molar-refractivity contribution < 1.29 is 4.74 Å². The molecule has 1 fully saturated rings. The third-order valence-electron chi connectivity index (χ3n) is 3.88. The van der Waals surface area contributed by atoms with E-state index in [9.17, 15) is 0 Å². The molecule has 0 N–H and O–H groups in total. The Hall–Kier alpha value is -1.83. The quantitative estimate of drug-likeness (QED) is 0.839. The summed E-state index contributed by atoms with van der Waals surface area (Å²) in [6.45, 7) is 2.70. The largest absolute Gasteiger partial charge is 0.356 e. The van der Waals surface area contributed by atoms with Gasteiger partial charge in [-0.25, -0.2) is 4.68 Å². The Balaban J connectivity index is 2.04. The van der Waals surface area contributed by atoms with E-state index in [1.807, 2.05) is 23.7 Å². The number of halogens is 1. The van der Waals surface area contributed by atoms with Gasteiger partial charge in [0.05, 0.1) is 16.3 Å². The summed E-state index contributed by atoms with van der Waals surface area (Å²) < 4.78 is 7.74. The molecule has 1 aliphatic heterocycles. The molecule has 0 saturated carbocycles. The van der Waals surface area contributed by atoms with Gasteiger partial charge >= 0.3 is 0 Å². The molecule has 1 unspecified atom stereocenters. The van der Waals surface area contributed by atoms with Crippen LogP contribution in [0.1, 0.15) is 36.6 Å². The van der Waals surface area contributed by atoms with E-state index in [0.717, 1.165) is 42.7 Å². The molecule has 1 atom stereocenters. The number of rotatable bonds is 2. The molecule has 1 aromatic carbocycles. The lowest BCUT2D eigenvalue weighted by molar-refractivity contribution is -0.0383. The molecular formula is C16H16ClN3O. The monoisotopic (exact) mass is 301 g/mol. The van der Waals surface area contributed by atoms with Crippen LogP contribution < -0.4 is 0 Å². The van der Waals surface area contributed by atoms with Gasteiger partial charge in [0.1, 0.15) is 6.07 Å². The highest BCUT2D eigenvalue weighted by Crippen LogP contribution is 2.33. The lowest BCUT2D eigenvalue weighted by Crippen LogP contribution is -2.20. The van der Waals surface area contributed by atoms with Gasteiger partial charge in [0.15, 0.2) is 6.23 Å². The standard InChI is InChI=1S/C16H16ClN3O/c1-11-13(6-5-12(10-18)16(11)17)14-7-8-19-20(14)15-4-2-3-9-21-15/h5-8,15H,2-4,9H2,1H3. The molecule has 4 nitrogen and oxygen atoms in total. The van der Waals surface area contributed by atoms with E-state index < -0.39 is 0 Å². The third-order valence-corrected chi connectivity index (χ3v) is 4.37. The number of ether oxygens (including phenoxy) is 1. The molecule has 1 aliphatic rings. The summed E-state index contributed by atoms with van der Waals surface area (Å²) in [6.07, 6.45) is 4.99. The van der Waals surface area contributed by atoms with Crippen molar-refractivity contribution in [2.45, 2.75) is 32.4 Å². The molecule has 3 rings (SSSR count). The number of hydrogen-bond donors (Lipinski definition) is 0. The highest BCUT2D eigenvalue weighted by molar-refractivity contribution is 6.32. The van der Waals surface area contributed by atoms with Crippen molar-refractivity contribution in [2.24, 2.45) is 0 Å².